The van der Waals surface area contributed by atoms with Gasteiger partial charge >= 0.3 is 0 Å². The average molecular weight is 690 g/mol. The van der Waals surface area contributed by atoms with Crippen LogP contribution in [0.4, 0.5) is 11.4 Å². The van der Waals surface area contributed by atoms with E-state index in [2.05, 4.69) is 15.6 Å². The molecule has 50 heavy (non-hydrogen) atoms. The Balaban J connectivity index is 1.13. The first-order valence-electron chi connectivity index (χ1n) is 17.6. The molecule has 0 heterocycles. The maximum Gasteiger partial charge on any atom is 0.246 e. The summed E-state index contributed by atoms with van der Waals surface area (Å²) in [4.78, 5) is 88.3. The maximum atomic E-state index is 14.2. The highest BCUT2D eigenvalue weighted by molar-refractivity contribution is 6.32. The molecule has 268 valence electrons. The number of anilines is 2. The summed E-state index contributed by atoms with van der Waals surface area (Å²) in [5, 5.41) is 18.1. The van der Waals surface area contributed by atoms with Crippen LogP contribution in [0.2, 0.25) is 0 Å². The van der Waals surface area contributed by atoms with Crippen LogP contribution in [0.15, 0.2) is 17.1 Å². The van der Waals surface area contributed by atoms with Gasteiger partial charge in [0.05, 0.1) is 12.0 Å². The number of Topliss-reactive ketones (excluding diaryl/α,β-unsaturated/α-hetero) is 4. The Labute approximate surface area is 290 Å². The number of fused-ring (bicyclic) bond motifs is 3. The van der Waals surface area contributed by atoms with Crippen molar-refractivity contribution >= 4 is 52.3 Å². The second kappa shape index (κ2) is 12.0. The van der Waals surface area contributed by atoms with E-state index in [-0.39, 0.29) is 36.4 Å². The van der Waals surface area contributed by atoms with Crippen LogP contribution in [0.3, 0.4) is 0 Å². The van der Waals surface area contributed by atoms with Crippen LogP contribution >= 0.6 is 0 Å². The van der Waals surface area contributed by atoms with Gasteiger partial charge in [-0.2, -0.15) is 0 Å². The van der Waals surface area contributed by atoms with Gasteiger partial charge in [-0.15, -0.1) is 0 Å². The summed E-state index contributed by atoms with van der Waals surface area (Å²) in [5.41, 5.74) is 10.7. The van der Waals surface area contributed by atoms with E-state index in [4.69, 9.17) is 11.5 Å². The van der Waals surface area contributed by atoms with Gasteiger partial charge in [0.1, 0.15) is 6.54 Å². The number of rotatable bonds is 7. The van der Waals surface area contributed by atoms with Crippen LogP contribution in [0.5, 0.6) is 0 Å². The zero-order valence-electron chi connectivity index (χ0n) is 29.0. The molecule has 2 amide bonds. The van der Waals surface area contributed by atoms with Gasteiger partial charge in [-0.1, -0.05) is 0 Å². The Kier molecular flexibility index (Phi) is 8.21. The lowest BCUT2D eigenvalue weighted by Crippen LogP contribution is -2.74. The zero-order valence-corrected chi connectivity index (χ0v) is 29.0. The van der Waals surface area contributed by atoms with E-state index in [0.29, 0.717) is 16.9 Å². The summed E-state index contributed by atoms with van der Waals surface area (Å²) in [6, 6.07) is 2.12. The first kappa shape index (κ1) is 34.3. The molecule has 1 aromatic carbocycles. The van der Waals surface area contributed by atoms with Gasteiger partial charge in [-0.05, 0) is 107 Å². The van der Waals surface area contributed by atoms with E-state index in [1.807, 2.05) is 4.90 Å². The molecule has 7 aliphatic rings. The van der Waals surface area contributed by atoms with Gasteiger partial charge in [-0.25, -0.2) is 4.99 Å². The number of aliphatic hydroxyl groups is 1. The van der Waals surface area contributed by atoms with Crippen LogP contribution in [0.25, 0.3) is 0 Å². The van der Waals surface area contributed by atoms with Gasteiger partial charge in [-0.3, -0.25) is 33.7 Å². The van der Waals surface area contributed by atoms with E-state index >= 15 is 0 Å². The number of nitrogens with zero attached hydrogens (tertiary/aromatic N) is 3. The third-order valence-corrected chi connectivity index (χ3v) is 12.5. The Morgan fingerprint density at radius 1 is 0.940 bits per heavy atom. The number of ketones is 4. The highest BCUT2D eigenvalue weighted by atomic mass is 16.3. The fraction of sp³-hybridized carbons (Fsp3) is 0.639. The fourth-order valence-electron chi connectivity index (χ4n) is 11.0. The molecule has 7 aliphatic carbocycles. The van der Waals surface area contributed by atoms with Gasteiger partial charge in [0, 0.05) is 42.5 Å². The van der Waals surface area contributed by atoms with Crippen LogP contribution < -0.4 is 27.0 Å². The smallest absolute Gasteiger partial charge is 0.246 e. The molecule has 6 fully saturated rings. The number of nitrogens with two attached hydrogens (primary N) is 2. The summed E-state index contributed by atoms with van der Waals surface area (Å²) >= 11 is 0. The molecule has 0 saturated heterocycles. The minimum absolute atomic E-state index is 0.0198. The van der Waals surface area contributed by atoms with Crippen molar-refractivity contribution in [1.29, 1.82) is 0 Å². The topological polar surface area (TPSA) is 218 Å². The maximum absolute atomic E-state index is 14.2. The lowest BCUT2D eigenvalue weighted by atomic mass is 9.52. The highest BCUT2D eigenvalue weighted by Crippen LogP contribution is 2.56. The molecule has 7 N–H and O–H groups in total. The molecule has 0 radical (unpaired) electrons. The number of guanidine groups is 1. The van der Waals surface area contributed by atoms with Crippen LogP contribution in [-0.4, -0.2) is 103 Å². The van der Waals surface area contributed by atoms with E-state index in [9.17, 15) is 33.9 Å². The van der Waals surface area contributed by atoms with Crippen LogP contribution in [-0.2, 0) is 30.4 Å². The number of aliphatic imine (C=N–C) groups is 1. The molecule has 6 saturated carbocycles. The number of amides is 2. The largest absolute Gasteiger partial charge is 0.377 e. The van der Waals surface area contributed by atoms with Gasteiger partial charge < -0.3 is 32.1 Å². The number of likely N-dealkylation sites (N-methyl/N-ethyl adjacent to an activating group) is 1. The second-order valence-corrected chi connectivity index (χ2v) is 16.3. The third kappa shape index (κ3) is 5.33. The minimum Gasteiger partial charge on any atom is -0.377 e. The van der Waals surface area contributed by atoms with Gasteiger partial charge in [0.15, 0.2) is 40.6 Å². The third-order valence-electron chi connectivity index (χ3n) is 12.5. The van der Waals surface area contributed by atoms with Crippen molar-refractivity contribution in [3.63, 3.8) is 0 Å². The Bertz CT molecular complexity index is 1700. The van der Waals surface area contributed by atoms with E-state index in [1.54, 1.807) is 34.3 Å². The first-order valence-corrected chi connectivity index (χ1v) is 17.6. The predicted molar refractivity (Wildman–Crippen MR) is 183 cm³/mol. The number of benzene rings is 1. The SMILES string of the molecule is CN(C)c1cc(NC(=O)CN=C(N)NC23CC4CC(CC(C4)C2)C3)cc2c1CC1CC3[C@H](N(C)C)C(=O)C(C(N)=O)C(=O)[C@@]3(O)C(=O)C1C2=O. The standard InChI is InChI=1S/C36H47N7O7/c1-42(2)24-11-20(40-25(44)15-39-34(38)41-35-12-16-5-17(13-35)7-18(6-16)14-35)10-22-21(24)8-19-9-23-28(43(3)4)30(46)27(33(37)49)32(48)36(23,50)31(47)26(19)29(22)45/h10-11,16-19,23,26-28,50H,5-9,12-15H2,1-4H3,(H2,37,49)(H,40,44)(H3,38,39,41)/t16?,17?,18?,19?,23?,26?,27?,28-,35?,36-/m0/s1. The molecule has 1 aromatic rings. The lowest BCUT2D eigenvalue weighted by molar-refractivity contribution is -0.181. The van der Waals surface area contributed by atoms with Crippen molar-refractivity contribution in [2.24, 2.45) is 57.9 Å². The first-order chi connectivity index (χ1) is 23.5. The molecule has 6 atom stereocenters. The van der Waals surface area contributed by atoms with Gasteiger partial charge in [0.25, 0.3) is 0 Å². The summed E-state index contributed by atoms with van der Waals surface area (Å²) in [7, 11) is 6.73. The Hall–Kier alpha value is -4.17. The van der Waals surface area contributed by atoms with E-state index in [1.165, 1.54) is 30.2 Å². The number of hydrogen-bond acceptors (Lipinski definition) is 10. The fourth-order valence-corrected chi connectivity index (χ4v) is 11.0. The lowest BCUT2D eigenvalue weighted by Gasteiger charge is -2.57. The van der Waals surface area contributed by atoms with Crippen molar-refractivity contribution in [3.05, 3.63) is 23.3 Å². The summed E-state index contributed by atoms with van der Waals surface area (Å²) in [5.74, 6) is -8.12. The Morgan fingerprint density at radius 3 is 2.12 bits per heavy atom. The molecule has 8 rings (SSSR count). The molecule has 14 heteroatoms. The van der Waals surface area contributed by atoms with Gasteiger partial charge in [0.2, 0.25) is 11.8 Å². The summed E-state index contributed by atoms with van der Waals surface area (Å²) in [6.45, 7) is -0.236. The predicted octanol–water partition coefficient (Wildman–Crippen LogP) is 0.0390. The van der Waals surface area contributed by atoms with E-state index < -0.39 is 70.3 Å². The van der Waals surface area contributed by atoms with E-state index in [0.717, 1.165) is 37.0 Å². The van der Waals surface area contributed by atoms with Crippen molar-refractivity contribution in [2.75, 3.05) is 45.0 Å². The molecular weight excluding hydrogens is 642 g/mol. The molecule has 4 unspecified atom stereocenters. The zero-order chi connectivity index (χ0) is 36.0. The van der Waals surface area contributed by atoms with Crippen molar-refractivity contribution in [1.82, 2.24) is 10.2 Å². The molecular formula is C36H47N7O7. The molecule has 0 spiro atoms. The highest BCUT2D eigenvalue weighted by Gasteiger charge is 2.69. The number of carbonyl (C=O) groups excluding carboxylic acids is 6. The average Bonchev–Trinajstić information content (AvgIpc) is 3.00. The number of nitrogens with one attached hydrogen (secondary N) is 2. The Morgan fingerprint density at radius 2 is 1.56 bits per heavy atom. The second-order valence-electron chi connectivity index (χ2n) is 16.3. The number of carbonyl (C=O) groups is 6. The summed E-state index contributed by atoms with van der Waals surface area (Å²) < 4.78 is 0. The van der Waals surface area contributed by atoms with Crippen molar-refractivity contribution in [3.8, 4) is 0 Å². The molecule has 4 bridgehead atoms. The van der Waals surface area contributed by atoms with Crippen LogP contribution in [0.1, 0.15) is 60.9 Å². The molecule has 14 nitrogen and oxygen atoms in total. The number of hydrogen-bond donors (Lipinski definition) is 5. The molecule has 0 aliphatic heterocycles. The molecule has 0 aromatic heterocycles. The van der Waals surface area contributed by atoms with Crippen molar-refractivity contribution in [2.45, 2.75) is 68.5 Å². The van der Waals surface area contributed by atoms with Crippen LogP contribution in [0, 0.1) is 41.4 Å². The van der Waals surface area contributed by atoms with Crippen molar-refractivity contribution < 1.29 is 33.9 Å². The summed E-state index contributed by atoms with van der Waals surface area (Å²) in [6.07, 6.45) is 7.39. The minimum atomic E-state index is -2.74. The number of primary amides is 1. The normalized spacial score (nSPS) is 37.3. The quantitative estimate of drug-likeness (QED) is 0.146. The monoisotopic (exact) mass is 689 g/mol.